The summed E-state index contributed by atoms with van der Waals surface area (Å²) in [6, 6.07) is 0. The molecular formula is C15H26ClNO3. The number of carbonyl (C=O) groups is 1. The van der Waals surface area contributed by atoms with E-state index in [0.717, 1.165) is 25.9 Å². The van der Waals surface area contributed by atoms with E-state index in [1.807, 2.05) is 6.92 Å². The van der Waals surface area contributed by atoms with Gasteiger partial charge in [-0.2, -0.15) is 0 Å². The van der Waals surface area contributed by atoms with Crippen molar-refractivity contribution in [2.45, 2.75) is 44.6 Å². The number of hydrogen-bond donors (Lipinski definition) is 0. The fourth-order valence-electron chi connectivity index (χ4n) is 3.16. The van der Waals surface area contributed by atoms with Crippen LogP contribution in [0.1, 0.15) is 33.1 Å². The molecule has 0 radical (unpaired) electrons. The largest absolute Gasteiger partial charge is 0.461 e. The molecule has 1 saturated heterocycles. The van der Waals surface area contributed by atoms with Gasteiger partial charge in [-0.1, -0.05) is 13.3 Å². The molecule has 2 rings (SSSR count). The summed E-state index contributed by atoms with van der Waals surface area (Å²) < 4.78 is 11.0. The fourth-order valence-corrected chi connectivity index (χ4v) is 3.45. The molecule has 1 saturated carbocycles. The standard InChI is InChI=1S/C15H26ClNO3/c1-11-3-4-13(12(2)16)14(9-11)20-15(18)10-17-5-7-19-8-6-17/h11-14H,3-10H2,1-2H3. The van der Waals surface area contributed by atoms with Crippen molar-refractivity contribution in [3.8, 4) is 0 Å². The van der Waals surface area contributed by atoms with Crippen LogP contribution in [0.2, 0.25) is 0 Å². The van der Waals surface area contributed by atoms with Gasteiger partial charge in [-0.25, -0.2) is 0 Å². The molecule has 1 aliphatic heterocycles. The molecule has 0 N–H and O–H groups in total. The smallest absolute Gasteiger partial charge is 0.320 e. The van der Waals surface area contributed by atoms with Crippen molar-refractivity contribution in [3.63, 3.8) is 0 Å². The lowest BCUT2D eigenvalue weighted by atomic mass is 9.79. The molecule has 1 aliphatic carbocycles. The third-order valence-corrected chi connectivity index (χ3v) is 4.76. The Morgan fingerprint density at radius 1 is 1.40 bits per heavy atom. The summed E-state index contributed by atoms with van der Waals surface area (Å²) in [6.07, 6.45) is 3.16. The molecule has 5 heteroatoms. The topological polar surface area (TPSA) is 38.8 Å². The second kappa shape index (κ2) is 7.62. The first-order chi connectivity index (χ1) is 9.56. The van der Waals surface area contributed by atoms with Gasteiger partial charge in [0.05, 0.1) is 19.8 Å². The van der Waals surface area contributed by atoms with Crippen LogP contribution < -0.4 is 0 Å². The van der Waals surface area contributed by atoms with Gasteiger partial charge in [0.1, 0.15) is 6.10 Å². The van der Waals surface area contributed by atoms with Crippen LogP contribution in [0.4, 0.5) is 0 Å². The van der Waals surface area contributed by atoms with E-state index in [1.54, 1.807) is 0 Å². The van der Waals surface area contributed by atoms with E-state index in [0.29, 0.717) is 31.6 Å². The summed E-state index contributed by atoms with van der Waals surface area (Å²) in [4.78, 5) is 14.2. The van der Waals surface area contributed by atoms with E-state index in [4.69, 9.17) is 21.1 Å². The highest BCUT2D eigenvalue weighted by Crippen LogP contribution is 2.34. The summed E-state index contributed by atoms with van der Waals surface area (Å²) in [5.74, 6) is 0.790. The Kier molecular flexibility index (Phi) is 6.12. The summed E-state index contributed by atoms with van der Waals surface area (Å²) in [7, 11) is 0. The van der Waals surface area contributed by atoms with Gasteiger partial charge in [0.2, 0.25) is 0 Å². The molecule has 4 atom stereocenters. The Balaban J connectivity index is 1.83. The number of nitrogens with zero attached hydrogens (tertiary/aromatic N) is 1. The van der Waals surface area contributed by atoms with Crippen molar-refractivity contribution < 1.29 is 14.3 Å². The van der Waals surface area contributed by atoms with Crippen molar-refractivity contribution in [2.24, 2.45) is 11.8 Å². The average molecular weight is 304 g/mol. The van der Waals surface area contributed by atoms with Crippen molar-refractivity contribution in [1.29, 1.82) is 0 Å². The first-order valence-electron chi connectivity index (χ1n) is 7.70. The van der Waals surface area contributed by atoms with Gasteiger partial charge in [-0.3, -0.25) is 9.69 Å². The number of hydrogen-bond acceptors (Lipinski definition) is 4. The molecule has 2 aliphatic rings. The molecule has 0 amide bonds. The molecule has 1 heterocycles. The maximum absolute atomic E-state index is 12.1. The number of rotatable bonds is 4. The molecule has 0 spiro atoms. The molecule has 0 bridgehead atoms. The maximum atomic E-state index is 12.1. The predicted octanol–water partition coefficient (Wildman–Crippen LogP) is 2.29. The van der Waals surface area contributed by atoms with E-state index in [1.165, 1.54) is 6.42 Å². The molecule has 0 aromatic carbocycles. The molecule has 2 fully saturated rings. The van der Waals surface area contributed by atoms with Crippen molar-refractivity contribution in [2.75, 3.05) is 32.8 Å². The molecule has 0 aromatic rings. The van der Waals surface area contributed by atoms with Gasteiger partial charge in [0.15, 0.2) is 0 Å². The number of ether oxygens (including phenoxy) is 2. The van der Waals surface area contributed by atoms with Crippen LogP contribution in [0.25, 0.3) is 0 Å². The Bertz CT molecular complexity index is 318. The van der Waals surface area contributed by atoms with Gasteiger partial charge < -0.3 is 9.47 Å². The van der Waals surface area contributed by atoms with Crippen molar-refractivity contribution >= 4 is 17.6 Å². The Hall–Kier alpha value is -0.320. The zero-order valence-electron chi connectivity index (χ0n) is 12.5. The van der Waals surface area contributed by atoms with Gasteiger partial charge in [0.25, 0.3) is 0 Å². The van der Waals surface area contributed by atoms with Gasteiger partial charge in [-0.15, -0.1) is 11.6 Å². The third-order valence-electron chi connectivity index (χ3n) is 4.43. The van der Waals surface area contributed by atoms with Crippen LogP contribution in [0, 0.1) is 11.8 Å². The zero-order valence-corrected chi connectivity index (χ0v) is 13.3. The predicted molar refractivity (Wildman–Crippen MR) is 79.0 cm³/mol. The SMILES string of the molecule is CC1CCC(C(C)Cl)C(OC(=O)CN2CCOCC2)C1. The van der Waals surface area contributed by atoms with Crippen LogP contribution in [-0.4, -0.2) is 55.2 Å². The van der Waals surface area contributed by atoms with Crippen LogP contribution in [0.5, 0.6) is 0 Å². The lowest BCUT2D eigenvalue weighted by Crippen LogP contribution is -2.43. The first kappa shape index (κ1) is 16.1. The summed E-state index contributed by atoms with van der Waals surface area (Å²) in [5, 5.41) is 0.0590. The van der Waals surface area contributed by atoms with E-state index < -0.39 is 0 Å². The number of halogens is 1. The fraction of sp³-hybridized carbons (Fsp3) is 0.933. The monoisotopic (exact) mass is 303 g/mol. The normalized spacial score (nSPS) is 33.6. The lowest BCUT2D eigenvalue weighted by molar-refractivity contribution is -0.156. The van der Waals surface area contributed by atoms with E-state index >= 15 is 0 Å². The van der Waals surface area contributed by atoms with Crippen LogP contribution >= 0.6 is 11.6 Å². The lowest BCUT2D eigenvalue weighted by Gasteiger charge is -2.36. The minimum Gasteiger partial charge on any atom is -0.461 e. The molecule has 4 nitrogen and oxygen atoms in total. The zero-order chi connectivity index (χ0) is 14.5. The summed E-state index contributed by atoms with van der Waals surface area (Å²) in [6.45, 7) is 7.63. The average Bonchev–Trinajstić information content (AvgIpc) is 2.39. The highest BCUT2D eigenvalue weighted by atomic mass is 35.5. The van der Waals surface area contributed by atoms with E-state index in [2.05, 4.69) is 11.8 Å². The second-order valence-corrected chi connectivity index (χ2v) is 6.86. The Morgan fingerprint density at radius 2 is 2.10 bits per heavy atom. The molecule has 4 unspecified atom stereocenters. The first-order valence-corrected chi connectivity index (χ1v) is 8.13. The number of carbonyl (C=O) groups excluding carboxylic acids is 1. The van der Waals surface area contributed by atoms with Gasteiger partial charge in [-0.05, 0) is 25.7 Å². The Labute approximate surface area is 126 Å². The van der Waals surface area contributed by atoms with Crippen LogP contribution in [-0.2, 0) is 14.3 Å². The molecule has 20 heavy (non-hydrogen) atoms. The summed E-state index contributed by atoms with van der Waals surface area (Å²) >= 11 is 6.26. The van der Waals surface area contributed by atoms with Crippen molar-refractivity contribution in [3.05, 3.63) is 0 Å². The minimum absolute atomic E-state index is 0.0141. The molecule has 116 valence electrons. The van der Waals surface area contributed by atoms with Crippen LogP contribution in [0.15, 0.2) is 0 Å². The highest BCUT2D eigenvalue weighted by molar-refractivity contribution is 6.20. The van der Waals surface area contributed by atoms with Gasteiger partial charge >= 0.3 is 5.97 Å². The number of esters is 1. The molecular weight excluding hydrogens is 278 g/mol. The summed E-state index contributed by atoms with van der Waals surface area (Å²) in [5.41, 5.74) is 0. The van der Waals surface area contributed by atoms with E-state index in [9.17, 15) is 4.79 Å². The quantitative estimate of drug-likeness (QED) is 0.590. The minimum atomic E-state index is -0.117. The Morgan fingerprint density at radius 3 is 2.75 bits per heavy atom. The third kappa shape index (κ3) is 4.61. The maximum Gasteiger partial charge on any atom is 0.320 e. The number of morpholine rings is 1. The highest BCUT2D eigenvalue weighted by Gasteiger charge is 2.34. The second-order valence-electron chi connectivity index (χ2n) is 6.18. The van der Waals surface area contributed by atoms with E-state index in [-0.39, 0.29) is 17.5 Å². The van der Waals surface area contributed by atoms with Crippen LogP contribution in [0.3, 0.4) is 0 Å². The van der Waals surface area contributed by atoms with Crippen molar-refractivity contribution in [1.82, 2.24) is 4.90 Å². The molecule has 0 aromatic heterocycles. The van der Waals surface area contributed by atoms with Gasteiger partial charge in [0, 0.05) is 24.4 Å². The number of alkyl halides is 1.